The van der Waals surface area contributed by atoms with Gasteiger partial charge in [-0.25, -0.2) is 0 Å². The van der Waals surface area contributed by atoms with E-state index in [2.05, 4.69) is 23.7 Å². The van der Waals surface area contributed by atoms with Crippen LogP contribution < -0.4 is 0 Å². The van der Waals surface area contributed by atoms with E-state index in [1.165, 1.54) is 0 Å². The molecule has 0 saturated heterocycles. The smallest absolute Gasteiger partial charge is 0.115 e. The van der Waals surface area contributed by atoms with Crippen molar-refractivity contribution in [3.05, 3.63) is 12.2 Å². The Labute approximate surface area is 73.5 Å². The molecule has 0 aromatic carbocycles. The Balaban J connectivity index is 2.56. The van der Waals surface area contributed by atoms with Gasteiger partial charge in [0.2, 0.25) is 0 Å². The number of allylic oxidation sites excluding steroid dienone is 2. The van der Waals surface area contributed by atoms with Crippen LogP contribution in [0.3, 0.4) is 0 Å². The highest BCUT2D eigenvalue weighted by Crippen LogP contribution is 2.02. The second-order valence-electron chi connectivity index (χ2n) is 2.70. The van der Waals surface area contributed by atoms with Gasteiger partial charge in [0.1, 0.15) is 6.10 Å². The maximum Gasteiger partial charge on any atom is 0.115 e. The van der Waals surface area contributed by atoms with Crippen molar-refractivity contribution in [3.8, 4) is 23.7 Å². The van der Waals surface area contributed by atoms with Crippen molar-refractivity contribution in [3.63, 3.8) is 0 Å². The van der Waals surface area contributed by atoms with E-state index in [1.54, 1.807) is 12.2 Å². The predicted octanol–water partition coefficient (Wildman–Crippen LogP) is 1.48. The van der Waals surface area contributed by atoms with Crippen LogP contribution in [0.15, 0.2) is 12.2 Å². The minimum absolute atomic E-state index is 0.465. The van der Waals surface area contributed by atoms with Crippen molar-refractivity contribution in [2.45, 2.75) is 31.8 Å². The molecule has 1 rings (SSSR count). The fourth-order valence-electron chi connectivity index (χ4n) is 0.982. The summed E-state index contributed by atoms with van der Waals surface area (Å²) in [6, 6.07) is 0. The first kappa shape index (κ1) is 8.91. The molecule has 0 aliphatic heterocycles. The molecule has 1 heteroatoms. The van der Waals surface area contributed by atoms with E-state index in [0.717, 1.165) is 25.7 Å². The van der Waals surface area contributed by atoms with Gasteiger partial charge in [-0.2, -0.15) is 0 Å². The zero-order chi connectivity index (χ0) is 8.65. The fourth-order valence-corrected chi connectivity index (χ4v) is 0.982. The first-order valence-electron chi connectivity index (χ1n) is 4.22. The summed E-state index contributed by atoms with van der Waals surface area (Å²) in [6.45, 7) is 0. The molecule has 12 heavy (non-hydrogen) atoms. The average molecular weight is 160 g/mol. The van der Waals surface area contributed by atoms with Gasteiger partial charge < -0.3 is 5.11 Å². The van der Waals surface area contributed by atoms with E-state index in [9.17, 15) is 5.11 Å². The SMILES string of the molecule is OC1C#C/C=C\C#CCCCC1. The Morgan fingerprint density at radius 2 is 2.00 bits per heavy atom. The number of rotatable bonds is 0. The van der Waals surface area contributed by atoms with E-state index in [-0.39, 0.29) is 0 Å². The third-order valence-electron chi connectivity index (χ3n) is 1.63. The summed E-state index contributed by atoms with van der Waals surface area (Å²) in [5.74, 6) is 11.4. The standard InChI is InChI=1S/C11H12O/c12-11-9-7-5-3-1-2-4-6-8-10-11/h3,5,11-12H,4,6,8,10H2/b5-3-. The van der Waals surface area contributed by atoms with Crippen LogP contribution >= 0.6 is 0 Å². The maximum atomic E-state index is 9.27. The van der Waals surface area contributed by atoms with Crippen LogP contribution in [0.5, 0.6) is 0 Å². The van der Waals surface area contributed by atoms with Gasteiger partial charge in [0, 0.05) is 6.42 Å². The van der Waals surface area contributed by atoms with Crippen LogP contribution in [0.4, 0.5) is 0 Å². The summed E-state index contributed by atoms with van der Waals surface area (Å²) < 4.78 is 0. The molecule has 0 saturated carbocycles. The minimum Gasteiger partial charge on any atom is -0.380 e. The van der Waals surface area contributed by atoms with Gasteiger partial charge in [-0.05, 0) is 31.4 Å². The highest BCUT2D eigenvalue weighted by Gasteiger charge is 1.97. The molecule has 0 aromatic heterocycles. The molecule has 0 radical (unpaired) electrons. The number of aliphatic hydroxyl groups excluding tert-OH is 1. The van der Waals surface area contributed by atoms with Crippen LogP contribution in [-0.4, -0.2) is 11.2 Å². The Hall–Kier alpha value is -1.18. The summed E-state index contributed by atoms with van der Waals surface area (Å²) in [4.78, 5) is 0. The molecule has 1 aliphatic carbocycles. The summed E-state index contributed by atoms with van der Waals surface area (Å²) >= 11 is 0. The molecular formula is C11H12O. The van der Waals surface area contributed by atoms with Crippen molar-refractivity contribution in [1.82, 2.24) is 0 Å². The van der Waals surface area contributed by atoms with Gasteiger partial charge in [0.25, 0.3) is 0 Å². The van der Waals surface area contributed by atoms with E-state index >= 15 is 0 Å². The quantitative estimate of drug-likeness (QED) is 0.532. The molecule has 0 amide bonds. The van der Waals surface area contributed by atoms with Crippen LogP contribution in [0.2, 0.25) is 0 Å². The van der Waals surface area contributed by atoms with Crippen molar-refractivity contribution >= 4 is 0 Å². The van der Waals surface area contributed by atoms with Crippen molar-refractivity contribution < 1.29 is 5.11 Å². The largest absolute Gasteiger partial charge is 0.380 e. The number of hydrogen-bond acceptors (Lipinski definition) is 1. The Morgan fingerprint density at radius 3 is 2.92 bits per heavy atom. The fraction of sp³-hybridized carbons (Fsp3) is 0.455. The zero-order valence-corrected chi connectivity index (χ0v) is 7.01. The Bertz CT molecular complexity index is 267. The van der Waals surface area contributed by atoms with Crippen LogP contribution in [0, 0.1) is 23.7 Å². The molecular weight excluding hydrogens is 148 g/mol. The van der Waals surface area contributed by atoms with Gasteiger partial charge in [-0.3, -0.25) is 0 Å². The Kier molecular flexibility index (Phi) is 4.06. The highest BCUT2D eigenvalue weighted by atomic mass is 16.3. The second-order valence-corrected chi connectivity index (χ2v) is 2.70. The number of hydrogen-bond donors (Lipinski definition) is 1. The summed E-state index contributed by atoms with van der Waals surface area (Å²) in [5, 5.41) is 9.27. The lowest BCUT2D eigenvalue weighted by molar-refractivity contribution is 0.218. The van der Waals surface area contributed by atoms with Crippen LogP contribution in [-0.2, 0) is 0 Å². The van der Waals surface area contributed by atoms with E-state index < -0.39 is 6.10 Å². The lowest BCUT2D eigenvalue weighted by Crippen LogP contribution is -2.01. The monoisotopic (exact) mass is 160 g/mol. The molecule has 1 nitrogen and oxygen atoms in total. The molecule has 0 spiro atoms. The number of aliphatic hydroxyl groups is 1. The first-order chi connectivity index (χ1) is 5.89. The Morgan fingerprint density at radius 1 is 1.17 bits per heavy atom. The molecule has 0 aromatic rings. The lowest BCUT2D eigenvalue weighted by Gasteiger charge is -1.99. The normalized spacial score (nSPS) is 25.2. The molecule has 1 atom stereocenters. The van der Waals surface area contributed by atoms with E-state index in [0.29, 0.717) is 0 Å². The first-order valence-corrected chi connectivity index (χ1v) is 4.22. The summed E-state index contributed by atoms with van der Waals surface area (Å²) in [7, 11) is 0. The molecule has 1 aliphatic rings. The van der Waals surface area contributed by atoms with Crippen LogP contribution in [0.1, 0.15) is 25.7 Å². The molecule has 1 N–H and O–H groups in total. The predicted molar refractivity (Wildman–Crippen MR) is 49.2 cm³/mol. The topological polar surface area (TPSA) is 20.2 Å². The van der Waals surface area contributed by atoms with Gasteiger partial charge in [0.05, 0.1) is 0 Å². The third kappa shape index (κ3) is 3.86. The zero-order valence-electron chi connectivity index (χ0n) is 7.01. The van der Waals surface area contributed by atoms with Crippen molar-refractivity contribution in [2.75, 3.05) is 0 Å². The third-order valence-corrected chi connectivity index (χ3v) is 1.63. The van der Waals surface area contributed by atoms with Gasteiger partial charge in [-0.1, -0.05) is 23.7 Å². The van der Waals surface area contributed by atoms with Crippen molar-refractivity contribution in [1.29, 1.82) is 0 Å². The summed E-state index contributed by atoms with van der Waals surface area (Å²) in [5.41, 5.74) is 0. The average Bonchev–Trinajstić information content (AvgIpc) is 2.11. The van der Waals surface area contributed by atoms with Gasteiger partial charge >= 0.3 is 0 Å². The van der Waals surface area contributed by atoms with Gasteiger partial charge in [-0.15, -0.1) is 0 Å². The van der Waals surface area contributed by atoms with Crippen LogP contribution in [0.25, 0.3) is 0 Å². The maximum absolute atomic E-state index is 9.27. The molecule has 0 heterocycles. The molecule has 1 unspecified atom stereocenters. The van der Waals surface area contributed by atoms with Crippen molar-refractivity contribution in [2.24, 2.45) is 0 Å². The van der Waals surface area contributed by atoms with E-state index in [4.69, 9.17) is 0 Å². The molecule has 0 bridgehead atoms. The molecule has 62 valence electrons. The lowest BCUT2D eigenvalue weighted by atomic mass is 10.1. The second kappa shape index (κ2) is 5.47. The summed E-state index contributed by atoms with van der Waals surface area (Å²) in [6.07, 6.45) is 6.68. The van der Waals surface area contributed by atoms with Gasteiger partial charge in [0.15, 0.2) is 0 Å². The molecule has 0 fully saturated rings. The minimum atomic E-state index is -0.465. The highest BCUT2D eigenvalue weighted by molar-refractivity contribution is 5.25. The van der Waals surface area contributed by atoms with E-state index in [1.807, 2.05) is 0 Å².